The standard InChI is InChI=1S/C23H27N3O4S/c27-20(24-13-22-25-16-3-1-2-4-19(16)31-22)7-9-23(10-8-21(28)26-23)12-15-5-6-17-18(11-15)30-14-29-17/h5-6,11H,1-4,7-10,12-14H2,(H,24,27)(H,26,28)/t23-/m0/s1. The molecule has 2 aliphatic heterocycles. The number of rotatable bonds is 7. The van der Waals surface area contributed by atoms with Crippen LogP contribution in [0.2, 0.25) is 0 Å². The fourth-order valence-electron chi connectivity index (χ4n) is 4.72. The fraction of sp³-hybridized carbons (Fsp3) is 0.522. The van der Waals surface area contributed by atoms with Crippen molar-refractivity contribution in [2.75, 3.05) is 6.79 Å². The van der Waals surface area contributed by atoms with Crippen LogP contribution in [0.1, 0.15) is 59.7 Å². The predicted molar refractivity (Wildman–Crippen MR) is 116 cm³/mol. The minimum Gasteiger partial charge on any atom is -0.454 e. The molecule has 164 valence electrons. The lowest BCUT2D eigenvalue weighted by molar-refractivity contribution is -0.122. The second-order valence-electron chi connectivity index (χ2n) is 8.65. The van der Waals surface area contributed by atoms with Gasteiger partial charge in [-0.1, -0.05) is 6.07 Å². The van der Waals surface area contributed by atoms with Crippen molar-refractivity contribution in [3.63, 3.8) is 0 Å². The predicted octanol–water partition coefficient (Wildman–Crippen LogP) is 3.04. The molecule has 3 aliphatic rings. The number of nitrogens with zero attached hydrogens (tertiary/aromatic N) is 1. The number of amides is 2. The molecule has 1 aliphatic carbocycles. The minimum atomic E-state index is -0.400. The maximum atomic E-state index is 12.6. The number of hydrogen-bond donors (Lipinski definition) is 2. The zero-order valence-corrected chi connectivity index (χ0v) is 18.3. The van der Waals surface area contributed by atoms with E-state index in [0.29, 0.717) is 32.2 Å². The van der Waals surface area contributed by atoms with Crippen molar-refractivity contribution in [1.29, 1.82) is 0 Å². The number of carbonyl (C=O) groups excluding carboxylic acids is 2. The molecule has 0 saturated carbocycles. The first-order chi connectivity index (χ1) is 15.1. The lowest BCUT2D eigenvalue weighted by Gasteiger charge is -2.29. The van der Waals surface area contributed by atoms with Gasteiger partial charge in [0, 0.05) is 23.3 Å². The number of thiazole rings is 1. The topological polar surface area (TPSA) is 89.5 Å². The first-order valence-electron chi connectivity index (χ1n) is 11.0. The molecule has 1 aromatic heterocycles. The summed E-state index contributed by atoms with van der Waals surface area (Å²) in [7, 11) is 0. The lowest BCUT2D eigenvalue weighted by Crippen LogP contribution is -2.44. The minimum absolute atomic E-state index is 0.000572. The summed E-state index contributed by atoms with van der Waals surface area (Å²) in [5.74, 6) is 1.53. The Bertz CT molecular complexity index is 981. The quantitative estimate of drug-likeness (QED) is 0.689. The van der Waals surface area contributed by atoms with Crippen LogP contribution >= 0.6 is 11.3 Å². The van der Waals surface area contributed by atoms with E-state index in [-0.39, 0.29) is 18.6 Å². The van der Waals surface area contributed by atoms with Crippen molar-refractivity contribution in [3.8, 4) is 11.5 Å². The van der Waals surface area contributed by atoms with Gasteiger partial charge < -0.3 is 20.1 Å². The van der Waals surface area contributed by atoms with Gasteiger partial charge in [0.1, 0.15) is 5.01 Å². The number of benzene rings is 1. The average Bonchev–Trinajstić information content (AvgIpc) is 3.49. The van der Waals surface area contributed by atoms with Crippen LogP contribution in [0, 0.1) is 0 Å². The van der Waals surface area contributed by atoms with E-state index >= 15 is 0 Å². The molecule has 5 rings (SSSR count). The molecule has 2 N–H and O–H groups in total. The summed E-state index contributed by atoms with van der Waals surface area (Å²) < 4.78 is 10.9. The highest BCUT2D eigenvalue weighted by molar-refractivity contribution is 7.11. The van der Waals surface area contributed by atoms with E-state index in [1.807, 2.05) is 18.2 Å². The highest BCUT2D eigenvalue weighted by atomic mass is 32.1. The van der Waals surface area contributed by atoms with Crippen molar-refractivity contribution >= 4 is 23.2 Å². The highest BCUT2D eigenvalue weighted by Gasteiger charge is 2.38. The largest absolute Gasteiger partial charge is 0.454 e. The summed E-state index contributed by atoms with van der Waals surface area (Å²) in [6, 6.07) is 5.88. The van der Waals surface area contributed by atoms with Gasteiger partial charge in [-0.2, -0.15) is 0 Å². The Morgan fingerprint density at radius 3 is 2.90 bits per heavy atom. The second kappa shape index (κ2) is 8.49. The Labute approximate surface area is 185 Å². The van der Waals surface area contributed by atoms with E-state index in [0.717, 1.165) is 41.3 Å². The Balaban J connectivity index is 1.18. The SMILES string of the molecule is O=C(CC[C@@]1(Cc2ccc3c(c2)OCO3)CCC(=O)N1)NCc1nc2c(s1)CCCC2. The van der Waals surface area contributed by atoms with Crippen LogP contribution in [0.4, 0.5) is 0 Å². The highest BCUT2D eigenvalue weighted by Crippen LogP contribution is 2.36. The van der Waals surface area contributed by atoms with Gasteiger partial charge in [-0.3, -0.25) is 9.59 Å². The van der Waals surface area contributed by atoms with Crippen LogP contribution in [0.15, 0.2) is 18.2 Å². The van der Waals surface area contributed by atoms with Crippen LogP contribution in [0.3, 0.4) is 0 Å². The van der Waals surface area contributed by atoms with Crippen molar-refractivity contribution in [2.24, 2.45) is 0 Å². The van der Waals surface area contributed by atoms with Gasteiger partial charge in [-0.25, -0.2) is 4.98 Å². The molecular weight excluding hydrogens is 414 g/mol. The fourth-order valence-corrected chi connectivity index (χ4v) is 5.82. The third-order valence-electron chi connectivity index (χ3n) is 6.37. The molecule has 1 aromatic carbocycles. The summed E-state index contributed by atoms with van der Waals surface area (Å²) >= 11 is 1.73. The Kier molecular flexibility index (Phi) is 5.56. The van der Waals surface area contributed by atoms with Gasteiger partial charge in [-0.15, -0.1) is 11.3 Å². The Hall–Kier alpha value is -2.61. The van der Waals surface area contributed by atoms with Crippen LogP contribution in [0.25, 0.3) is 0 Å². The summed E-state index contributed by atoms with van der Waals surface area (Å²) in [6.07, 6.45) is 7.48. The molecule has 1 saturated heterocycles. The molecule has 0 bridgehead atoms. The second-order valence-corrected chi connectivity index (χ2v) is 9.82. The monoisotopic (exact) mass is 441 g/mol. The molecule has 0 spiro atoms. The molecule has 1 fully saturated rings. The number of nitrogens with one attached hydrogen (secondary N) is 2. The van der Waals surface area contributed by atoms with Gasteiger partial charge in [0.2, 0.25) is 18.6 Å². The molecule has 2 amide bonds. The maximum Gasteiger partial charge on any atom is 0.231 e. The van der Waals surface area contributed by atoms with Crippen molar-refractivity contribution in [1.82, 2.24) is 15.6 Å². The molecule has 31 heavy (non-hydrogen) atoms. The number of carbonyl (C=O) groups is 2. The van der Waals surface area contributed by atoms with Crippen molar-refractivity contribution in [3.05, 3.63) is 39.3 Å². The maximum absolute atomic E-state index is 12.6. The Morgan fingerprint density at radius 1 is 1.19 bits per heavy atom. The number of aromatic nitrogens is 1. The third kappa shape index (κ3) is 4.54. The number of fused-ring (bicyclic) bond motifs is 2. The molecule has 1 atom stereocenters. The van der Waals surface area contributed by atoms with E-state index in [1.54, 1.807) is 11.3 Å². The van der Waals surface area contributed by atoms with E-state index in [4.69, 9.17) is 14.5 Å². The van der Waals surface area contributed by atoms with E-state index in [9.17, 15) is 9.59 Å². The van der Waals surface area contributed by atoms with Gasteiger partial charge in [-0.05, 0) is 62.6 Å². The Morgan fingerprint density at radius 2 is 2.06 bits per heavy atom. The first kappa shape index (κ1) is 20.3. The van der Waals surface area contributed by atoms with Crippen LogP contribution in [-0.2, 0) is 35.4 Å². The van der Waals surface area contributed by atoms with E-state index in [2.05, 4.69) is 10.6 Å². The zero-order valence-electron chi connectivity index (χ0n) is 17.5. The summed E-state index contributed by atoms with van der Waals surface area (Å²) in [6.45, 7) is 0.723. The number of ether oxygens (including phenoxy) is 2. The van der Waals surface area contributed by atoms with Crippen LogP contribution in [0.5, 0.6) is 11.5 Å². The van der Waals surface area contributed by atoms with E-state index in [1.165, 1.54) is 23.4 Å². The summed E-state index contributed by atoms with van der Waals surface area (Å²) in [5.41, 5.74) is 1.89. The van der Waals surface area contributed by atoms with Crippen LogP contribution in [-0.4, -0.2) is 29.1 Å². The molecule has 3 heterocycles. The zero-order chi connectivity index (χ0) is 21.3. The third-order valence-corrected chi connectivity index (χ3v) is 7.53. The molecule has 2 aromatic rings. The van der Waals surface area contributed by atoms with Gasteiger partial charge >= 0.3 is 0 Å². The molecule has 8 heteroatoms. The average molecular weight is 442 g/mol. The number of hydrogen-bond acceptors (Lipinski definition) is 6. The van der Waals surface area contributed by atoms with E-state index < -0.39 is 5.54 Å². The van der Waals surface area contributed by atoms with Gasteiger partial charge in [0.15, 0.2) is 11.5 Å². The molecule has 0 unspecified atom stereocenters. The van der Waals surface area contributed by atoms with Gasteiger partial charge in [0.05, 0.1) is 12.2 Å². The number of aryl methyl sites for hydroxylation is 2. The molecular formula is C23H27N3O4S. The van der Waals surface area contributed by atoms with Gasteiger partial charge in [0.25, 0.3) is 0 Å². The normalized spacial score (nSPS) is 21.6. The molecule has 7 nitrogen and oxygen atoms in total. The summed E-state index contributed by atoms with van der Waals surface area (Å²) in [4.78, 5) is 30.7. The van der Waals surface area contributed by atoms with Crippen molar-refractivity contribution < 1.29 is 19.1 Å². The molecule has 0 radical (unpaired) electrons. The lowest BCUT2D eigenvalue weighted by atomic mass is 9.85. The smallest absolute Gasteiger partial charge is 0.231 e. The summed E-state index contributed by atoms with van der Waals surface area (Å²) in [5, 5.41) is 7.15. The first-order valence-corrected chi connectivity index (χ1v) is 11.8. The van der Waals surface area contributed by atoms with Crippen LogP contribution < -0.4 is 20.1 Å². The van der Waals surface area contributed by atoms with Crippen molar-refractivity contribution in [2.45, 2.75) is 69.9 Å².